The summed E-state index contributed by atoms with van der Waals surface area (Å²) in [5.41, 5.74) is 0.177. The first-order chi connectivity index (χ1) is 20.1. The maximum absolute atomic E-state index is 15.1. The molecule has 214 valence electrons. The number of hydrogen-bond acceptors (Lipinski definition) is 7. The maximum Gasteiger partial charge on any atom is 0.261 e. The molecule has 0 saturated carbocycles. The molecule has 5 rings (SSSR count). The Hall–Kier alpha value is -5.39. The van der Waals surface area contributed by atoms with Gasteiger partial charge < -0.3 is 24.1 Å². The number of aryl methyl sites for hydroxylation is 1. The number of carbonyl (C=O) groups excluding carboxylic acids is 1. The van der Waals surface area contributed by atoms with Crippen molar-refractivity contribution in [2.45, 2.75) is 6.92 Å². The molecule has 9 nitrogen and oxygen atoms in total. The second-order valence-electron chi connectivity index (χ2n) is 9.15. The second kappa shape index (κ2) is 11.2. The number of amides is 1. The van der Waals surface area contributed by atoms with Gasteiger partial charge in [0.25, 0.3) is 11.8 Å². The van der Waals surface area contributed by atoms with Gasteiger partial charge in [-0.15, -0.1) is 0 Å². The molecule has 0 saturated heterocycles. The van der Waals surface area contributed by atoms with Gasteiger partial charge in [-0.1, -0.05) is 12.1 Å². The molecule has 2 aromatic carbocycles. The molecule has 1 N–H and O–H groups in total. The molecule has 0 radical (unpaired) electrons. The lowest BCUT2D eigenvalue weighted by Crippen LogP contribution is -2.26. The maximum atomic E-state index is 15.1. The number of fused-ring (bicyclic) bond motifs is 1. The van der Waals surface area contributed by atoms with Gasteiger partial charge in [-0.25, -0.2) is 18.2 Å². The first kappa shape index (κ1) is 28.1. The fourth-order valence-corrected chi connectivity index (χ4v) is 4.34. The van der Waals surface area contributed by atoms with E-state index in [9.17, 15) is 14.0 Å². The van der Waals surface area contributed by atoms with Crippen LogP contribution in [0.1, 0.15) is 16.1 Å². The zero-order valence-electron chi connectivity index (χ0n) is 22.8. The summed E-state index contributed by atoms with van der Waals surface area (Å²) in [6.45, 7) is 1.67. The van der Waals surface area contributed by atoms with Crippen molar-refractivity contribution in [3.05, 3.63) is 99.9 Å². The summed E-state index contributed by atoms with van der Waals surface area (Å²) in [5, 5.41) is 2.26. The number of halogens is 3. The molecule has 0 aliphatic carbocycles. The summed E-state index contributed by atoms with van der Waals surface area (Å²) < 4.78 is 61.3. The van der Waals surface area contributed by atoms with E-state index in [-0.39, 0.29) is 28.3 Å². The lowest BCUT2D eigenvalue weighted by molar-refractivity contribution is 0.102. The zero-order chi connectivity index (χ0) is 30.1. The van der Waals surface area contributed by atoms with Crippen LogP contribution in [-0.4, -0.2) is 34.7 Å². The molecule has 0 spiro atoms. The molecule has 12 heteroatoms. The molecule has 3 aromatic heterocycles. The van der Waals surface area contributed by atoms with Crippen LogP contribution in [0.25, 0.3) is 22.2 Å². The van der Waals surface area contributed by atoms with Crippen LogP contribution in [0.3, 0.4) is 0 Å². The molecule has 0 unspecified atom stereocenters. The Bertz CT molecular complexity index is 1910. The van der Waals surface area contributed by atoms with E-state index in [4.69, 9.17) is 14.2 Å². The lowest BCUT2D eigenvalue weighted by Gasteiger charge is -2.15. The number of ether oxygens (including phenoxy) is 3. The smallest absolute Gasteiger partial charge is 0.261 e. The molecule has 42 heavy (non-hydrogen) atoms. The van der Waals surface area contributed by atoms with Crippen molar-refractivity contribution in [2.24, 2.45) is 7.05 Å². The van der Waals surface area contributed by atoms with E-state index in [1.54, 1.807) is 24.6 Å². The Morgan fingerprint density at radius 3 is 2.36 bits per heavy atom. The summed E-state index contributed by atoms with van der Waals surface area (Å²) >= 11 is 0. The van der Waals surface area contributed by atoms with Crippen LogP contribution in [0.5, 0.6) is 23.1 Å². The van der Waals surface area contributed by atoms with Gasteiger partial charge in [0.1, 0.15) is 16.9 Å². The minimum absolute atomic E-state index is 0.0625. The first-order valence-electron chi connectivity index (χ1n) is 12.4. The third-order valence-corrected chi connectivity index (χ3v) is 6.57. The molecule has 1 amide bonds. The van der Waals surface area contributed by atoms with Crippen molar-refractivity contribution < 1.29 is 32.2 Å². The summed E-state index contributed by atoms with van der Waals surface area (Å²) in [4.78, 5) is 34.9. The highest BCUT2D eigenvalue weighted by Gasteiger charge is 2.21. The number of nitrogens with zero attached hydrogens (tertiary/aromatic N) is 3. The first-order valence-corrected chi connectivity index (χ1v) is 12.4. The average molecular weight is 577 g/mol. The molecule has 0 atom stereocenters. The highest BCUT2D eigenvalue weighted by Crippen LogP contribution is 2.35. The van der Waals surface area contributed by atoms with Crippen LogP contribution in [0.4, 0.5) is 18.9 Å². The van der Waals surface area contributed by atoms with Gasteiger partial charge in [-0.3, -0.25) is 14.6 Å². The third kappa shape index (κ3) is 5.21. The van der Waals surface area contributed by atoms with Gasteiger partial charge in [0.2, 0.25) is 5.43 Å². The summed E-state index contributed by atoms with van der Waals surface area (Å²) in [7, 11) is 4.45. The molecular formula is C30H23F3N4O5. The van der Waals surface area contributed by atoms with Crippen molar-refractivity contribution in [1.29, 1.82) is 0 Å². The van der Waals surface area contributed by atoms with E-state index in [1.807, 2.05) is 0 Å². The Morgan fingerprint density at radius 2 is 1.67 bits per heavy atom. The number of rotatable bonds is 7. The Morgan fingerprint density at radius 1 is 0.929 bits per heavy atom. The molecule has 5 aromatic rings. The number of carbonyl (C=O) groups is 1. The van der Waals surface area contributed by atoms with Gasteiger partial charge in [0.05, 0.1) is 25.4 Å². The van der Waals surface area contributed by atoms with Gasteiger partial charge in [-0.2, -0.15) is 0 Å². The number of aromatic nitrogens is 3. The van der Waals surface area contributed by atoms with Crippen LogP contribution in [0.15, 0.2) is 65.7 Å². The number of anilines is 1. The fourth-order valence-electron chi connectivity index (χ4n) is 4.34. The van der Waals surface area contributed by atoms with E-state index in [0.29, 0.717) is 22.5 Å². The third-order valence-electron chi connectivity index (χ3n) is 6.57. The highest BCUT2D eigenvalue weighted by atomic mass is 19.1. The monoisotopic (exact) mass is 576 g/mol. The fraction of sp³-hybridized carbons (Fsp3) is 0.133. The summed E-state index contributed by atoms with van der Waals surface area (Å²) in [6.07, 6.45) is 2.69. The molecule has 0 fully saturated rings. The van der Waals surface area contributed by atoms with Crippen molar-refractivity contribution >= 4 is 22.6 Å². The predicted molar refractivity (Wildman–Crippen MR) is 149 cm³/mol. The Labute approximate surface area is 237 Å². The van der Waals surface area contributed by atoms with Crippen molar-refractivity contribution in [1.82, 2.24) is 14.5 Å². The minimum Gasteiger partial charge on any atom is -0.491 e. The highest BCUT2D eigenvalue weighted by molar-refractivity contribution is 6.05. The predicted octanol–water partition coefficient (Wildman–Crippen LogP) is 5.78. The minimum atomic E-state index is -1.02. The number of hydrogen-bond donors (Lipinski definition) is 1. The molecule has 0 aliphatic rings. The number of nitrogens with one attached hydrogen (secondary N) is 1. The van der Waals surface area contributed by atoms with Crippen LogP contribution < -0.4 is 25.0 Å². The quantitative estimate of drug-likeness (QED) is 0.262. The number of pyridine rings is 3. The van der Waals surface area contributed by atoms with E-state index in [1.165, 1.54) is 56.9 Å². The molecule has 0 bridgehead atoms. The van der Waals surface area contributed by atoms with Gasteiger partial charge in [-0.05, 0) is 24.6 Å². The van der Waals surface area contributed by atoms with E-state index >= 15 is 8.78 Å². The molecule has 3 heterocycles. The van der Waals surface area contributed by atoms with E-state index in [2.05, 4.69) is 15.3 Å². The van der Waals surface area contributed by atoms with E-state index < -0.39 is 40.2 Å². The standard InChI is InChI=1S/C30H23F3N4O5/c1-15-26(16-5-7-17(31)8-6-16)28(38)18(14-37(15)2)29(39)35-21-11-20(33)24(12-19(21)32)42-23-9-10-34-22-13-25(40-3)30(41-4)36-27(22)23/h5-14H,1-4H3,(H,35,39). The van der Waals surface area contributed by atoms with Crippen LogP contribution in [0, 0.1) is 24.4 Å². The Kier molecular flexibility index (Phi) is 7.53. The van der Waals surface area contributed by atoms with Crippen molar-refractivity contribution in [3.63, 3.8) is 0 Å². The topological polar surface area (TPSA) is 105 Å². The van der Waals surface area contributed by atoms with Crippen LogP contribution in [0.2, 0.25) is 0 Å². The average Bonchev–Trinajstić information content (AvgIpc) is 2.97. The molecular weight excluding hydrogens is 553 g/mol. The van der Waals surface area contributed by atoms with Gasteiger partial charge >= 0.3 is 0 Å². The van der Waals surface area contributed by atoms with E-state index in [0.717, 1.165) is 12.1 Å². The molecule has 0 aliphatic heterocycles. The van der Waals surface area contributed by atoms with Crippen LogP contribution in [-0.2, 0) is 7.05 Å². The number of benzene rings is 2. The van der Waals surface area contributed by atoms with Crippen molar-refractivity contribution in [2.75, 3.05) is 19.5 Å². The van der Waals surface area contributed by atoms with Crippen LogP contribution >= 0.6 is 0 Å². The summed E-state index contributed by atoms with van der Waals surface area (Å²) in [5.74, 6) is -3.44. The van der Waals surface area contributed by atoms with Gasteiger partial charge in [0, 0.05) is 55.0 Å². The zero-order valence-corrected chi connectivity index (χ0v) is 22.8. The van der Waals surface area contributed by atoms with Crippen molar-refractivity contribution in [3.8, 4) is 34.3 Å². The second-order valence-corrected chi connectivity index (χ2v) is 9.15. The SMILES string of the molecule is COc1cc2nccc(Oc3cc(F)c(NC(=O)c4cn(C)c(C)c(-c5ccc(F)cc5)c4=O)cc3F)c2nc1OC. The Balaban J connectivity index is 1.46. The van der Waals surface area contributed by atoms with Gasteiger partial charge in [0.15, 0.2) is 28.9 Å². The largest absolute Gasteiger partial charge is 0.491 e. The summed E-state index contributed by atoms with van der Waals surface area (Å²) in [6, 6.07) is 9.70. The lowest BCUT2D eigenvalue weighted by atomic mass is 10.0. The normalized spacial score (nSPS) is 10.9. The number of methoxy groups -OCH3 is 2.